The second kappa shape index (κ2) is 4.45. The standard InChI is InChI=1S/C10H8Cl2O/c1-7-2-4-8(5-3-7)9(13)6-10(11)12/h2-6H,1H3. The van der Waals surface area contributed by atoms with Gasteiger partial charge in [-0.3, -0.25) is 4.79 Å². The van der Waals surface area contributed by atoms with Crippen molar-refractivity contribution in [2.45, 2.75) is 6.92 Å². The number of hydrogen-bond donors (Lipinski definition) is 0. The molecule has 68 valence electrons. The average molecular weight is 215 g/mol. The van der Waals surface area contributed by atoms with Gasteiger partial charge in [-0.25, -0.2) is 0 Å². The summed E-state index contributed by atoms with van der Waals surface area (Å²) in [6.45, 7) is 1.96. The highest BCUT2D eigenvalue weighted by atomic mass is 35.5. The second-order valence-corrected chi connectivity index (χ2v) is 3.67. The van der Waals surface area contributed by atoms with Crippen molar-refractivity contribution in [1.29, 1.82) is 0 Å². The molecule has 1 aromatic rings. The molecule has 0 fully saturated rings. The third-order valence-corrected chi connectivity index (χ3v) is 1.79. The maximum absolute atomic E-state index is 11.3. The predicted molar refractivity (Wildman–Crippen MR) is 55.3 cm³/mol. The molecule has 0 radical (unpaired) electrons. The molecule has 0 N–H and O–H groups in total. The van der Waals surface area contributed by atoms with Crippen LogP contribution in [0.15, 0.2) is 34.8 Å². The highest BCUT2D eigenvalue weighted by Gasteiger charge is 2.01. The number of aryl methyl sites for hydroxylation is 1. The molecule has 1 nitrogen and oxygen atoms in total. The smallest absolute Gasteiger partial charge is 0.188 e. The lowest BCUT2D eigenvalue weighted by Gasteiger charge is -1.95. The van der Waals surface area contributed by atoms with Crippen molar-refractivity contribution in [3.63, 3.8) is 0 Å². The van der Waals surface area contributed by atoms with Crippen LogP contribution in [0.3, 0.4) is 0 Å². The van der Waals surface area contributed by atoms with Crippen molar-refractivity contribution in [2.75, 3.05) is 0 Å². The van der Waals surface area contributed by atoms with Gasteiger partial charge in [-0.05, 0) is 6.92 Å². The molecule has 1 aromatic carbocycles. The Morgan fingerprint density at radius 2 is 1.77 bits per heavy atom. The van der Waals surface area contributed by atoms with Crippen molar-refractivity contribution < 1.29 is 4.79 Å². The van der Waals surface area contributed by atoms with Crippen LogP contribution in [0.4, 0.5) is 0 Å². The third-order valence-electron chi connectivity index (χ3n) is 1.58. The van der Waals surface area contributed by atoms with Crippen LogP contribution in [0.2, 0.25) is 0 Å². The fourth-order valence-corrected chi connectivity index (χ4v) is 1.10. The monoisotopic (exact) mass is 214 g/mol. The molecule has 0 saturated carbocycles. The Morgan fingerprint density at radius 3 is 2.23 bits per heavy atom. The van der Waals surface area contributed by atoms with E-state index in [9.17, 15) is 4.79 Å². The highest BCUT2D eigenvalue weighted by Crippen LogP contribution is 2.10. The molecule has 1 rings (SSSR count). The number of hydrogen-bond acceptors (Lipinski definition) is 1. The van der Waals surface area contributed by atoms with Crippen molar-refractivity contribution in [3.05, 3.63) is 46.0 Å². The van der Waals surface area contributed by atoms with Crippen LogP contribution < -0.4 is 0 Å². The van der Waals surface area contributed by atoms with Gasteiger partial charge in [0, 0.05) is 11.6 Å². The fourth-order valence-electron chi connectivity index (χ4n) is 0.900. The van der Waals surface area contributed by atoms with Crippen LogP contribution in [0.1, 0.15) is 15.9 Å². The van der Waals surface area contributed by atoms with Crippen molar-refractivity contribution >= 4 is 29.0 Å². The Kier molecular flexibility index (Phi) is 3.52. The van der Waals surface area contributed by atoms with E-state index >= 15 is 0 Å². The van der Waals surface area contributed by atoms with Crippen LogP contribution in [0, 0.1) is 6.92 Å². The van der Waals surface area contributed by atoms with Crippen LogP contribution in [0.5, 0.6) is 0 Å². The molecular formula is C10H8Cl2O. The van der Waals surface area contributed by atoms with Gasteiger partial charge in [0.15, 0.2) is 5.78 Å². The van der Waals surface area contributed by atoms with Gasteiger partial charge in [-0.2, -0.15) is 0 Å². The van der Waals surface area contributed by atoms with E-state index in [1.54, 1.807) is 12.1 Å². The van der Waals surface area contributed by atoms with E-state index in [0.29, 0.717) is 5.56 Å². The van der Waals surface area contributed by atoms with Crippen molar-refractivity contribution in [2.24, 2.45) is 0 Å². The summed E-state index contributed by atoms with van der Waals surface area (Å²) in [5.74, 6) is -0.181. The number of carbonyl (C=O) groups is 1. The largest absolute Gasteiger partial charge is 0.289 e. The minimum atomic E-state index is -0.181. The molecule has 0 aromatic heterocycles. The molecule has 0 unspecified atom stereocenters. The highest BCUT2D eigenvalue weighted by molar-refractivity contribution is 6.57. The lowest BCUT2D eigenvalue weighted by atomic mass is 10.1. The summed E-state index contributed by atoms with van der Waals surface area (Å²) in [4.78, 5) is 11.3. The van der Waals surface area contributed by atoms with Crippen LogP contribution in [-0.2, 0) is 0 Å². The third kappa shape index (κ3) is 3.21. The van der Waals surface area contributed by atoms with E-state index in [0.717, 1.165) is 5.56 Å². The van der Waals surface area contributed by atoms with Gasteiger partial charge in [0.1, 0.15) is 4.49 Å². The lowest BCUT2D eigenvalue weighted by Crippen LogP contribution is -1.93. The normalized spacial score (nSPS) is 9.46. The van der Waals surface area contributed by atoms with Crippen LogP contribution in [0.25, 0.3) is 0 Å². The van der Waals surface area contributed by atoms with Gasteiger partial charge in [0.2, 0.25) is 0 Å². The molecule has 0 aliphatic carbocycles. The topological polar surface area (TPSA) is 17.1 Å². The maximum atomic E-state index is 11.3. The number of ketones is 1. The van der Waals surface area contributed by atoms with E-state index in [-0.39, 0.29) is 10.3 Å². The van der Waals surface area contributed by atoms with E-state index in [2.05, 4.69) is 0 Å². The van der Waals surface area contributed by atoms with Gasteiger partial charge in [-0.1, -0.05) is 53.0 Å². The Balaban J connectivity index is 2.90. The summed E-state index contributed by atoms with van der Waals surface area (Å²) in [6.07, 6.45) is 1.19. The first kappa shape index (κ1) is 10.3. The van der Waals surface area contributed by atoms with Crippen molar-refractivity contribution in [3.8, 4) is 0 Å². The maximum Gasteiger partial charge on any atom is 0.188 e. The molecule has 0 amide bonds. The molecule has 0 aliphatic heterocycles. The van der Waals surface area contributed by atoms with Crippen LogP contribution >= 0.6 is 23.2 Å². The molecule has 0 saturated heterocycles. The number of carbonyl (C=O) groups excluding carboxylic acids is 1. The van der Waals surface area contributed by atoms with Gasteiger partial charge in [0.25, 0.3) is 0 Å². The SMILES string of the molecule is Cc1ccc(C(=O)C=C(Cl)Cl)cc1. The Hall–Kier alpha value is -0.790. The van der Waals surface area contributed by atoms with E-state index < -0.39 is 0 Å². The first-order valence-corrected chi connectivity index (χ1v) is 4.49. The van der Waals surface area contributed by atoms with E-state index in [1.165, 1.54) is 6.08 Å². The lowest BCUT2D eigenvalue weighted by molar-refractivity contribution is 0.104. The molecule has 13 heavy (non-hydrogen) atoms. The van der Waals surface area contributed by atoms with E-state index in [1.807, 2.05) is 19.1 Å². The van der Waals surface area contributed by atoms with Gasteiger partial charge < -0.3 is 0 Å². The zero-order chi connectivity index (χ0) is 9.84. The number of benzene rings is 1. The number of rotatable bonds is 2. The number of allylic oxidation sites excluding steroid dienone is 1. The molecule has 0 spiro atoms. The average Bonchev–Trinajstić information content (AvgIpc) is 2.04. The summed E-state index contributed by atoms with van der Waals surface area (Å²) >= 11 is 10.7. The zero-order valence-corrected chi connectivity index (χ0v) is 8.56. The minimum absolute atomic E-state index is 0.0226. The first-order valence-electron chi connectivity index (χ1n) is 3.73. The second-order valence-electron chi connectivity index (χ2n) is 2.66. The van der Waals surface area contributed by atoms with E-state index in [4.69, 9.17) is 23.2 Å². The molecule has 0 heterocycles. The molecule has 0 atom stereocenters. The molecule has 3 heteroatoms. The van der Waals surface area contributed by atoms with Gasteiger partial charge in [-0.15, -0.1) is 0 Å². The molecular weight excluding hydrogens is 207 g/mol. The molecule has 0 aliphatic rings. The fraction of sp³-hybridized carbons (Fsp3) is 0.100. The summed E-state index contributed by atoms with van der Waals surface area (Å²) < 4.78 is -0.0226. The first-order chi connectivity index (χ1) is 6.09. The quantitative estimate of drug-likeness (QED) is 0.545. The minimum Gasteiger partial charge on any atom is -0.289 e. The number of halogens is 2. The Morgan fingerprint density at radius 1 is 1.23 bits per heavy atom. The van der Waals surface area contributed by atoms with Gasteiger partial charge in [0.05, 0.1) is 0 Å². The summed E-state index contributed by atoms with van der Waals surface area (Å²) in [6, 6.07) is 7.21. The zero-order valence-electron chi connectivity index (χ0n) is 7.05. The summed E-state index contributed by atoms with van der Waals surface area (Å²) in [5, 5.41) is 0. The summed E-state index contributed by atoms with van der Waals surface area (Å²) in [7, 11) is 0. The Bertz CT molecular complexity index is 334. The summed E-state index contributed by atoms with van der Waals surface area (Å²) in [5.41, 5.74) is 1.70. The molecule has 0 bridgehead atoms. The Labute approximate surface area is 87.0 Å². The van der Waals surface area contributed by atoms with Gasteiger partial charge >= 0.3 is 0 Å². The predicted octanol–water partition coefficient (Wildman–Crippen LogP) is 3.50. The van der Waals surface area contributed by atoms with Crippen LogP contribution in [-0.4, -0.2) is 5.78 Å². The van der Waals surface area contributed by atoms with Crippen molar-refractivity contribution in [1.82, 2.24) is 0 Å².